The van der Waals surface area contributed by atoms with Gasteiger partial charge >= 0.3 is 6.36 Å². The first kappa shape index (κ1) is 23.6. The summed E-state index contributed by atoms with van der Waals surface area (Å²) in [5.74, 6) is 0.838. The number of anilines is 2. The van der Waals surface area contributed by atoms with Gasteiger partial charge in [-0.2, -0.15) is 10.2 Å². The van der Waals surface area contributed by atoms with E-state index in [1.807, 2.05) is 0 Å². The average Bonchev–Trinajstić information content (AvgIpc) is 2.77. The van der Waals surface area contributed by atoms with Crippen molar-refractivity contribution in [3.63, 3.8) is 0 Å². The number of aromatic nitrogens is 2. The lowest BCUT2D eigenvalue weighted by atomic mass is 9.86. The third-order valence-corrected chi connectivity index (χ3v) is 5.44. The highest BCUT2D eigenvalue weighted by Gasteiger charge is 2.32. The van der Waals surface area contributed by atoms with Crippen molar-refractivity contribution < 1.29 is 17.9 Å². The summed E-state index contributed by atoms with van der Waals surface area (Å²) >= 11 is 0. The molecule has 3 rings (SSSR count). The number of nitriles is 1. The summed E-state index contributed by atoms with van der Waals surface area (Å²) in [7, 11) is 0. The van der Waals surface area contributed by atoms with Crippen molar-refractivity contribution in [2.45, 2.75) is 51.6 Å². The van der Waals surface area contributed by atoms with Gasteiger partial charge in [0.25, 0.3) is 0 Å². The van der Waals surface area contributed by atoms with Crippen molar-refractivity contribution in [3.8, 4) is 11.8 Å². The highest BCUT2D eigenvalue weighted by Crippen LogP contribution is 2.27. The molecule has 3 N–H and O–H groups in total. The van der Waals surface area contributed by atoms with E-state index in [2.05, 4.69) is 43.6 Å². The molecule has 0 radical (unpaired) electrons. The Balaban J connectivity index is 1.60. The summed E-state index contributed by atoms with van der Waals surface area (Å²) in [5, 5.41) is 19.0. The van der Waals surface area contributed by atoms with E-state index >= 15 is 0 Å². The van der Waals surface area contributed by atoms with Gasteiger partial charge in [-0.3, -0.25) is 0 Å². The van der Waals surface area contributed by atoms with E-state index in [0.29, 0.717) is 35.4 Å². The van der Waals surface area contributed by atoms with E-state index in [-0.39, 0.29) is 18.2 Å². The van der Waals surface area contributed by atoms with Crippen LogP contribution in [0.25, 0.3) is 0 Å². The smallest absolute Gasteiger partial charge is 0.405 e. The maximum atomic E-state index is 12.6. The number of hydrogen-bond donors (Lipinski definition) is 3. The van der Waals surface area contributed by atoms with Crippen LogP contribution < -0.4 is 20.7 Å². The third-order valence-electron chi connectivity index (χ3n) is 5.44. The molecule has 2 aromatic rings. The summed E-state index contributed by atoms with van der Waals surface area (Å²) in [6.45, 7) is 3.82. The van der Waals surface area contributed by atoms with Gasteiger partial charge in [0.15, 0.2) is 0 Å². The molecule has 0 spiro atoms. The molecule has 32 heavy (non-hydrogen) atoms. The zero-order chi connectivity index (χ0) is 23.0. The summed E-state index contributed by atoms with van der Waals surface area (Å²) in [5.41, 5.74) is 0.627. The Bertz CT molecular complexity index is 923. The van der Waals surface area contributed by atoms with E-state index in [1.54, 1.807) is 6.07 Å². The number of nitrogens with one attached hydrogen (secondary N) is 3. The van der Waals surface area contributed by atoms with Crippen LogP contribution in [0.15, 0.2) is 30.5 Å². The van der Waals surface area contributed by atoms with Gasteiger partial charge < -0.3 is 20.7 Å². The minimum atomic E-state index is -4.77. The van der Waals surface area contributed by atoms with Gasteiger partial charge in [0, 0.05) is 24.7 Å². The van der Waals surface area contributed by atoms with Gasteiger partial charge in [0.2, 0.25) is 5.95 Å². The van der Waals surface area contributed by atoms with Crippen LogP contribution in [0, 0.1) is 17.2 Å². The first-order chi connectivity index (χ1) is 15.4. The summed E-state index contributed by atoms with van der Waals surface area (Å²) < 4.78 is 41.9. The Morgan fingerprint density at radius 1 is 1.16 bits per heavy atom. The van der Waals surface area contributed by atoms with Gasteiger partial charge in [-0.1, -0.05) is 25.1 Å². The van der Waals surface area contributed by atoms with E-state index in [4.69, 9.17) is 0 Å². The predicted octanol–water partition coefficient (Wildman–Crippen LogP) is 4.44. The lowest BCUT2D eigenvalue weighted by molar-refractivity contribution is -0.274. The number of alkyl halides is 3. The highest BCUT2D eigenvalue weighted by molar-refractivity contribution is 5.53. The molecule has 0 atom stereocenters. The Hall–Kier alpha value is -3.06. The van der Waals surface area contributed by atoms with Crippen LogP contribution in [0.5, 0.6) is 5.75 Å². The lowest BCUT2D eigenvalue weighted by Crippen LogP contribution is -2.34. The molecule has 0 aliphatic heterocycles. The second-order valence-corrected chi connectivity index (χ2v) is 7.73. The van der Waals surface area contributed by atoms with E-state index in [1.165, 1.54) is 24.4 Å². The molecule has 0 bridgehead atoms. The number of nitrogens with zero attached hydrogens (tertiary/aromatic N) is 3. The molecule has 1 fully saturated rings. The second kappa shape index (κ2) is 11.0. The third kappa shape index (κ3) is 6.99. The summed E-state index contributed by atoms with van der Waals surface area (Å²) in [6, 6.07) is 8.52. The minimum Gasteiger partial charge on any atom is -0.405 e. The molecule has 1 aliphatic carbocycles. The second-order valence-electron chi connectivity index (χ2n) is 7.73. The topological polar surface area (TPSA) is 94.9 Å². The molecule has 0 unspecified atom stereocenters. The molecule has 0 saturated heterocycles. The standard InChI is InChI=1S/C22H27F3N6O/c1-2-27-18-9-7-15(8-10-18)12-28-20-17(11-26)14-30-21(31-20)29-13-16-5-3-4-6-19(16)32-22(23,24)25/h3-6,14-15,18,27H,2,7-10,12-13H2,1H3,(H2,28,29,30,31)/t15-,18-. The first-order valence-corrected chi connectivity index (χ1v) is 10.7. The predicted molar refractivity (Wildman–Crippen MR) is 115 cm³/mol. The lowest BCUT2D eigenvalue weighted by Gasteiger charge is -2.29. The summed E-state index contributed by atoms with van der Waals surface area (Å²) in [4.78, 5) is 8.46. The number of halogens is 3. The monoisotopic (exact) mass is 448 g/mol. The van der Waals surface area contributed by atoms with Crippen molar-refractivity contribution in [1.29, 1.82) is 5.26 Å². The number of hydrogen-bond acceptors (Lipinski definition) is 7. The molecule has 1 aromatic carbocycles. The van der Waals surface area contributed by atoms with Crippen LogP contribution in [0.3, 0.4) is 0 Å². The molecule has 172 valence electrons. The minimum absolute atomic E-state index is 0.0338. The highest BCUT2D eigenvalue weighted by atomic mass is 19.4. The number of rotatable bonds is 9. The van der Waals surface area contributed by atoms with Crippen LogP contribution >= 0.6 is 0 Å². The van der Waals surface area contributed by atoms with Crippen molar-refractivity contribution in [3.05, 3.63) is 41.6 Å². The molecule has 7 nitrogen and oxygen atoms in total. The van der Waals surface area contributed by atoms with E-state index in [0.717, 1.165) is 32.2 Å². The van der Waals surface area contributed by atoms with Gasteiger partial charge in [-0.05, 0) is 44.2 Å². The molecule has 10 heteroatoms. The Morgan fingerprint density at radius 3 is 2.59 bits per heavy atom. The number of ether oxygens (including phenoxy) is 1. The molecular weight excluding hydrogens is 421 g/mol. The summed E-state index contributed by atoms with van der Waals surface area (Å²) in [6.07, 6.45) is 1.07. The Morgan fingerprint density at radius 2 is 1.91 bits per heavy atom. The van der Waals surface area contributed by atoms with E-state index < -0.39 is 6.36 Å². The maximum Gasteiger partial charge on any atom is 0.573 e. The van der Waals surface area contributed by atoms with Gasteiger partial charge in [-0.25, -0.2) is 4.98 Å². The maximum absolute atomic E-state index is 12.6. The first-order valence-electron chi connectivity index (χ1n) is 10.7. The van der Waals surface area contributed by atoms with Crippen molar-refractivity contribution >= 4 is 11.8 Å². The molecule has 1 aliphatic rings. The van der Waals surface area contributed by atoms with Gasteiger partial charge in [0.1, 0.15) is 23.2 Å². The van der Waals surface area contributed by atoms with Crippen LogP contribution in [0.4, 0.5) is 24.9 Å². The average molecular weight is 448 g/mol. The molecule has 0 amide bonds. The molecule has 1 saturated carbocycles. The normalized spacial score (nSPS) is 18.6. The van der Waals surface area contributed by atoms with Crippen LogP contribution in [-0.2, 0) is 6.54 Å². The van der Waals surface area contributed by atoms with Crippen molar-refractivity contribution in [2.24, 2.45) is 5.92 Å². The fraction of sp³-hybridized carbons (Fsp3) is 0.500. The van der Waals surface area contributed by atoms with Crippen molar-refractivity contribution in [1.82, 2.24) is 15.3 Å². The van der Waals surface area contributed by atoms with Gasteiger partial charge in [0.05, 0.1) is 6.20 Å². The van der Waals surface area contributed by atoms with E-state index in [9.17, 15) is 18.4 Å². The molecule has 1 heterocycles. The number of benzene rings is 1. The fourth-order valence-electron chi connectivity index (χ4n) is 3.83. The molecular formula is C22H27F3N6O. The van der Waals surface area contributed by atoms with Crippen LogP contribution in [0.2, 0.25) is 0 Å². The van der Waals surface area contributed by atoms with Crippen LogP contribution in [-0.4, -0.2) is 35.5 Å². The van der Waals surface area contributed by atoms with Gasteiger partial charge in [-0.15, -0.1) is 13.2 Å². The zero-order valence-electron chi connectivity index (χ0n) is 17.9. The number of para-hydroxylation sites is 1. The zero-order valence-corrected chi connectivity index (χ0v) is 17.9. The Labute approximate surface area is 185 Å². The largest absolute Gasteiger partial charge is 0.573 e. The SMILES string of the molecule is CCN[C@H]1CC[C@H](CNc2nc(NCc3ccccc3OC(F)(F)F)ncc2C#N)CC1. The quantitative estimate of drug-likeness (QED) is 0.522. The fourth-order valence-corrected chi connectivity index (χ4v) is 3.83. The van der Waals surface area contributed by atoms with Crippen LogP contribution in [0.1, 0.15) is 43.7 Å². The molecule has 1 aromatic heterocycles. The Kier molecular flexibility index (Phi) is 8.11. The van der Waals surface area contributed by atoms with Crippen molar-refractivity contribution in [2.75, 3.05) is 23.7 Å².